The standard InChI is InChI=1S/C20H19FN4O3/c21-15-2-1-3-16-18(15)19(24-23-16)25-11-13(10-17(25)27)20(28)22-9-8-12-4-6-14(26)7-5-12/h1-7,13,26H,8-11H2,(H,22,28)(H,23,24)/t13-/m0/s1. The second-order valence-corrected chi connectivity index (χ2v) is 6.82. The number of benzene rings is 2. The number of H-pyrrole nitrogens is 1. The summed E-state index contributed by atoms with van der Waals surface area (Å²) in [6.45, 7) is 0.590. The Balaban J connectivity index is 1.40. The molecule has 2 amide bonds. The second-order valence-electron chi connectivity index (χ2n) is 6.82. The van der Waals surface area contributed by atoms with Gasteiger partial charge in [0.1, 0.15) is 11.6 Å². The number of aromatic amines is 1. The first-order chi connectivity index (χ1) is 13.5. The van der Waals surface area contributed by atoms with Gasteiger partial charge in [0, 0.05) is 19.5 Å². The third-order valence-electron chi connectivity index (χ3n) is 4.92. The van der Waals surface area contributed by atoms with Gasteiger partial charge < -0.3 is 10.4 Å². The van der Waals surface area contributed by atoms with Crippen molar-refractivity contribution in [3.63, 3.8) is 0 Å². The zero-order chi connectivity index (χ0) is 19.7. The van der Waals surface area contributed by atoms with E-state index in [1.165, 1.54) is 11.0 Å². The van der Waals surface area contributed by atoms with Crippen LogP contribution in [0.5, 0.6) is 5.75 Å². The molecular weight excluding hydrogens is 363 g/mol. The molecule has 0 spiro atoms. The van der Waals surface area contributed by atoms with Gasteiger partial charge in [0.2, 0.25) is 11.8 Å². The van der Waals surface area contributed by atoms with Crippen molar-refractivity contribution in [1.82, 2.24) is 15.5 Å². The first-order valence-electron chi connectivity index (χ1n) is 9.01. The number of nitrogens with one attached hydrogen (secondary N) is 2. The molecule has 4 rings (SSSR count). The van der Waals surface area contributed by atoms with Crippen molar-refractivity contribution in [2.24, 2.45) is 5.92 Å². The van der Waals surface area contributed by atoms with Crippen molar-refractivity contribution >= 4 is 28.5 Å². The van der Waals surface area contributed by atoms with E-state index < -0.39 is 11.7 Å². The fourth-order valence-corrected chi connectivity index (χ4v) is 3.43. The molecule has 1 atom stereocenters. The van der Waals surface area contributed by atoms with Gasteiger partial charge in [0.05, 0.1) is 16.8 Å². The van der Waals surface area contributed by atoms with Crippen LogP contribution >= 0.6 is 0 Å². The molecule has 0 aliphatic carbocycles. The largest absolute Gasteiger partial charge is 0.508 e. The molecule has 1 aliphatic rings. The van der Waals surface area contributed by atoms with Gasteiger partial charge in [0.15, 0.2) is 5.82 Å². The fraction of sp³-hybridized carbons (Fsp3) is 0.250. The Morgan fingerprint density at radius 2 is 2.07 bits per heavy atom. The van der Waals surface area contributed by atoms with E-state index in [9.17, 15) is 19.1 Å². The number of halogens is 1. The lowest BCUT2D eigenvalue weighted by Crippen LogP contribution is -2.34. The maximum Gasteiger partial charge on any atom is 0.229 e. The maximum absolute atomic E-state index is 14.2. The smallest absolute Gasteiger partial charge is 0.229 e. The summed E-state index contributed by atoms with van der Waals surface area (Å²) in [5, 5.41) is 19.2. The number of carbonyl (C=O) groups excluding carboxylic acids is 2. The molecular formula is C20H19FN4O3. The average molecular weight is 382 g/mol. The second kappa shape index (κ2) is 7.30. The molecule has 3 N–H and O–H groups in total. The fourth-order valence-electron chi connectivity index (χ4n) is 3.43. The maximum atomic E-state index is 14.2. The summed E-state index contributed by atoms with van der Waals surface area (Å²) in [4.78, 5) is 26.2. The number of hydrogen-bond donors (Lipinski definition) is 3. The highest BCUT2D eigenvalue weighted by atomic mass is 19.1. The van der Waals surface area contributed by atoms with Gasteiger partial charge in [-0.15, -0.1) is 0 Å². The van der Waals surface area contributed by atoms with Crippen LogP contribution in [0.1, 0.15) is 12.0 Å². The van der Waals surface area contributed by atoms with Gasteiger partial charge >= 0.3 is 0 Å². The molecule has 1 fully saturated rings. The molecule has 1 saturated heterocycles. The van der Waals surface area contributed by atoms with E-state index in [0.717, 1.165) is 5.56 Å². The van der Waals surface area contributed by atoms with Crippen molar-refractivity contribution in [2.45, 2.75) is 12.8 Å². The van der Waals surface area contributed by atoms with Crippen LogP contribution in [-0.2, 0) is 16.0 Å². The Bertz CT molecular complexity index is 1030. The van der Waals surface area contributed by atoms with Crippen LogP contribution in [0, 0.1) is 11.7 Å². The van der Waals surface area contributed by atoms with Gasteiger partial charge in [-0.3, -0.25) is 19.6 Å². The molecule has 0 saturated carbocycles. The Morgan fingerprint density at radius 3 is 2.86 bits per heavy atom. The normalized spacial score (nSPS) is 16.7. The van der Waals surface area contributed by atoms with Crippen LogP contribution < -0.4 is 10.2 Å². The quantitative estimate of drug-likeness (QED) is 0.630. The predicted octanol–water partition coefficient (Wildman–Crippen LogP) is 2.12. The number of phenolic OH excluding ortho intramolecular Hbond substituents is 1. The highest BCUT2D eigenvalue weighted by Crippen LogP contribution is 2.31. The van der Waals surface area contributed by atoms with Crippen LogP contribution in [0.3, 0.4) is 0 Å². The van der Waals surface area contributed by atoms with Crippen LogP contribution in [0.2, 0.25) is 0 Å². The van der Waals surface area contributed by atoms with Crippen molar-refractivity contribution < 1.29 is 19.1 Å². The van der Waals surface area contributed by atoms with E-state index in [4.69, 9.17) is 0 Å². The van der Waals surface area contributed by atoms with E-state index >= 15 is 0 Å². The van der Waals surface area contributed by atoms with Crippen LogP contribution in [-0.4, -0.2) is 40.2 Å². The molecule has 1 aliphatic heterocycles. The van der Waals surface area contributed by atoms with Crippen molar-refractivity contribution in [3.05, 3.63) is 53.8 Å². The van der Waals surface area contributed by atoms with Gasteiger partial charge in [-0.1, -0.05) is 18.2 Å². The number of aromatic hydroxyl groups is 1. The third kappa shape index (κ3) is 3.40. The summed E-state index contributed by atoms with van der Waals surface area (Å²) < 4.78 is 14.2. The number of fused-ring (bicyclic) bond motifs is 1. The van der Waals surface area contributed by atoms with Crippen molar-refractivity contribution in [1.29, 1.82) is 0 Å². The SMILES string of the molecule is O=C(NCCc1ccc(O)cc1)[C@H]1CC(=O)N(c2n[nH]c3cccc(F)c23)C1. The minimum atomic E-state index is -0.508. The van der Waals surface area contributed by atoms with Gasteiger partial charge in [-0.25, -0.2) is 4.39 Å². The molecule has 0 radical (unpaired) electrons. The van der Waals surface area contributed by atoms with Gasteiger partial charge in [-0.05, 0) is 36.2 Å². The van der Waals surface area contributed by atoms with Gasteiger partial charge in [-0.2, -0.15) is 5.10 Å². The van der Waals surface area contributed by atoms with E-state index in [1.54, 1.807) is 36.4 Å². The lowest BCUT2D eigenvalue weighted by atomic mass is 10.1. The lowest BCUT2D eigenvalue weighted by Gasteiger charge is -2.14. The Labute approximate surface area is 160 Å². The Morgan fingerprint density at radius 1 is 1.29 bits per heavy atom. The minimum absolute atomic E-state index is 0.0633. The first kappa shape index (κ1) is 18.0. The van der Waals surface area contributed by atoms with Crippen LogP contribution in [0.4, 0.5) is 10.2 Å². The number of hydrogen-bond acceptors (Lipinski definition) is 4. The molecule has 0 bridgehead atoms. The zero-order valence-corrected chi connectivity index (χ0v) is 15.0. The molecule has 2 heterocycles. The first-order valence-corrected chi connectivity index (χ1v) is 9.01. The summed E-state index contributed by atoms with van der Waals surface area (Å²) in [5.74, 6) is -1.02. The molecule has 3 aromatic rings. The number of aromatic nitrogens is 2. The van der Waals surface area contributed by atoms with Crippen LogP contribution in [0.25, 0.3) is 10.9 Å². The number of phenols is 1. The summed E-state index contributed by atoms with van der Waals surface area (Å²) in [5.41, 5.74) is 1.49. The van der Waals surface area contributed by atoms with Gasteiger partial charge in [0.25, 0.3) is 0 Å². The number of rotatable bonds is 5. The van der Waals surface area contributed by atoms with Crippen molar-refractivity contribution in [2.75, 3.05) is 18.0 Å². The monoisotopic (exact) mass is 382 g/mol. The number of anilines is 1. The molecule has 28 heavy (non-hydrogen) atoms. The molecule has 2 aromatic carbocycles. The molecule has 8 heteroatoms. The summed E-state index contributed by atoms with van der Waals surface area (Å²) in [6.07, 6.45) is 0.680. The topological polar surface area (TPSA) is 98.3 Å². The Kier molecular flexibility index (Phi) is 4.68. The van der Waals surface area contributed by atoms with Crippen molar-refractivity contribution in [3.8, 4) is 5.75 Å². The molecule has 1 aromatic heterocycles. The van der Waals surface area contributed by atoms with E-state index in [2.05, 4.69) is 15.5 Å². The van der Waals surface area contributed by atoms with E-state index in [0.29, 0.717) is 18.5 Å². The van der Waals surface area contributed by atoms with Crippen LogP contribution in [0.15, 0.2) is 42.5 Å². The minimum Gasteiger partial charge on any atom is -0.508 e. The predicted molar refractivity (Wildman–Crippen MR) is 101 cm³/mol. The number of carbonyl (C=O) groups is 2. The molecule has 144 valence electrons. The highest BCUT2D eigenvalue weighted by molar-refractivity contribution is 6.05. The zero-order valence-electron chi connectivity index (χ0n) is 15.0. The molecule has 0 unspecified atom stereocenters. The summed E-state index contributed by atoms with van der Waals surface area (Å²) in [6, 6.07) is 11.3. The number of amides is 2. The van der Waals surface area contributed by atoms with E-state index in [1.807, 2.05) is 0 Å². The lowest BCUT2D eigenvalue weighted by molar-refractivity contribution is -0.126. The average Bonchev–Trinajstić information content (AvgIpc) is 3.27. The third-order valence-corrected chi connectivity index (χ3v) is 4.92. The summed E-state index contributed by atoms with van der Waals surface area (Å²) >= 11 is 0. The highest BCUT2D eigenvalue weighted by Gasteiger charge is 2.37. The molecule has 7 nitrogen and oxygen atoms in total. The Hall–Kier alpha value is -3.42. The summed E-state index contributed by atoms with van der Waals surface area (Å²) in [7, 11) is 0. The number of nitrogens with zero attached hydrogens (tertiary/aromatic N) is 2. The van der Waals surface area contributed by atoms with E-state index in [-0.39, 0.29) is 41.7 Å².